The van der Waals surface area contributed by atoms with E-state index >= 15 is 0 Å². The lowest BCUT2D eigenvalue weighted by Gasteiger charge is -2.26. The van der Waals surface area contributed by atoms with Gasteiger partial charge in [0.25, 0.3) is 5.91 Å². The molecule has 1 aliphatic carbocycles. The molecule has 0 unspecified atom stereocenters. The van der Waals surface area contributed by atoms with Crippen molar-refractivity contribution in [3.05, 3.63) is 40.5 Å². The molecule has 1 aliphatic heterocycles. The van der Waals surface area contributed by atoms with Crippen LogP contribution in [-0.2, 0) is 6.18 Å². The second-order valence-corrected chi connectivity index (χ2v) is 8.11. The summed E-state index contributed by atoms with van der Waals surface area (Å²) < 4.78 is 39.1. The maximum absolute atomic E-state index is 13.1. The molecule has 2 fully saturated rings. The smallest absolute Gasteiger partial charge is 0.332 e. The number of aryl methyl sites for hydroxylation is 1. The predicted molar refractivity (Wildman–Crippen MR) is 92.8 cm³/mol. The number of aromatic nitrogens is 1. The molecule has 26 heavy (non-hydrogen) atoms. The summed E-state index contributed by atoms with van der Waals surface area (Å²) >= 11 is 1.24. The average molecular weight is 381 g/mol. The molecule has 1 amide bonds. The number of benzene rings is 1. The van der Waals surface area contributed by atoms with Crippen molar-refractivity contribution >= 4 is 17.2 Å². The van der Waals surface area contributed by atoms with E-state index in [-0.39, 0.29) is 17.6 Å². The first-order valence-corrected chi connectivity index (χ1v) is 9.27. The Balaban J connectivity index is 1.71. The van der Waals surface area contributed by atoms with E-state index in [1.165, 1.54) is 17.4 Å². The van der Waals surface area contributed by atoms with E-state index < -0.39 is 11.7 Å². The molecule has 1 aromatic carbocycles. The van der Waals surface area contributed by atoms with Crippen molar-refractivity contribution in [3.8, 4) is 10.4 Å². The Morgan fingerprint density at radius 1 is 1.42 bits per heavy atom. The van der Waals surface area contributed by atoms with E-state index in [9.17, 15) is 18.0 Å². The summed E-state index contributed by atoms with van der Waals surface area (Å²) in [5.41, 5.74) is 5.70. The molecule has 1 saturated carbocycles. The summed E-state index contributed by atoms with van der Waals surface area (Å²) in [6, 6.07) is 5.04. The zero-order valence-electron chi connectivity index (χ0n) is 14.1. The number of halogens is 3. The zero-order valence-corrected chi connectivity index (χ0v) is 14.9. The molecule has 2 heterocycles. The van der Waals surface area contributed by atoms with Crippen molar-refractivity contribution in [2.75, 3.05) is 13.1 Å². The quantitative estimate of drug-likeness (QED) is 0.885. The van der Waals surface area contributed by atoms with Gasteiger partial charge >= 0.3 is 6.18 Å². The lowest BCUT2D eigenvalue weighted by atomic mass is 10.1. The van der Waals surface area contributed by atoms with Crippen LogP contribution in [0, 0.1) is 18.8 Å². The molecule has 2 aromatic rings. The number of rotatable bonds is 3. The Hall–Kier alpha value is -1.93. The average Bonchev–Trinajstić information content (AvgIpc) is 3.10. The van der Waals surface area contributed by atoms with Gasteiger partial charge in [-0.3, -0.25) is 4.79 Å². The van der Waals surface area contributed by atoms with Crippen molar-refractivity contribution < 1.29 is 18.0 Å². The largest absolute Gasteiger partial charge is 0.416 e. The van der Waals surface area contributed by atoms with E-state index in [0.717, 1.165) is 18.6 Å². The van der Waals surface area contributed by atoms with E-state index in [4.69, 9.17) is 5.73 Å². The highest BCUT2D eigenvalue weighted by Gasteiger charge is 2.53. The van der Waals surface area contributed by atoms with Crippen LogP contribution >= 0.6 is 11.3 Å². The number of thiazole rings is 1. The summed E-state index contributed by atoms with van der Waals surface area (Å²) in [4.78, 5) is 19.6. The predicted octanol–water partition coefficient (Wildman–Crippen LogP) is 3.56. The second-order valence-electron chi connectivity index (χ2n) is 6.91. The molecule has 0 bridgehead atoms. The van der Waals surface area contributed by atoms with Gasteiger partial charge in [0.15, 0.2) is 0 Å². The molecule has 2 N–H and O–H groups in total. The van der Waals surface area contributed by atoms with Crippen molar-refractivity contribution in [2.45, 2.75) is 25.6 Å². The first-order chi connectivity index (χ1) is 12.3. The summed E-state index contributed by atoms with van der Waals surface area (Å²) in [5.74, 6) is 0.731. The van der Waals surface area contributed by atoms with Gasteiger partial charge < -0.3 is 10.6 Å². The molecule has 1 aromatic heterocycles. The van der Waals surface area contributed by atoms with Gasteiger partial charge in [-0.25, -0.2) is 4.98 Å². The van der Waals surface area contributed by atoms with E-state index in [1.54, 1.807) is 17.9 Å². The molecule has 0 radical (unpaired) electrons. The van der Waals surface area contributed by atoms with E-state index in [2.05, 4.69) is 4.98 Å². The van der Waals surface area contributed by atoms with Crippen molar-refractivity contribution in [1.29, 1.82) is 0 Å². The number of nitrogens with two attached hydrogens (primary N) is 1. The van der Waals surface area contributed by atoms with Crippen molar-refractivity contribution in [2.24, 2.45) is 17.6 Å². The van der Waals surface area contributed by atoms with Crippen LogP contribution < -0.4 is 5.73 Å². The molecule has 3 atom stereocenters. The first kappa shape index (κ1) is 17.5. The minimum Gasteiger partial charge on any atom is -0.332 e. The maximum Gasteiger partial charge on any atom is 0.416 e. The number of piperidine rings is 1. The van der Waals surface area contributed by atoms with Crippen LogP contribution in [0.1, 0.15) is 27.5 Å². The lowest BCUT2D eigenvalue weighted by molar-refractivity contribution is -0.137. The molecule has 0 spiro atoms. The van der Waals surface area contributed by atoms with E-state index in [0.29, 0.717) is 40.4 Å². The summed E-state index contributed by atoms with van der Waals surface area (Å²) in [6.07, 6.45) is -3.33. The van der Waals surface area contributed by atoms with Crippen molar-refractivity contribution in [3.63, 3.8) is 0 Å². The Morgan fingerprint density at radius 2 is 2.19 bits per heavy atom. The Kier molecular flexibility index (Phi) is 4.07. The maximum atomic E-state index is 13.1. The fourth-order valence-electron chi connectivity index (χ4n) is 3.85. The molecule has 4 rings (SSSR count). The van der Waals surface area contributed by atoms with Gasteiger partial charge in [-0.2, -0.15) is 13.2 Å². The number of carbonyl (C=O) groups excluding carboxylic acids is 1. The van der Waals surface area contributed by atoms with Gasteiger partial charge in [0.05, 0.1) is 15.4 Å². The number of alkyl halides is 3. The number of amides is 1. The molecule has 138 valence electrons. The third-order valence-corrected chi connectivity index (χ3v) is 6.21. The highest BCUT2D eigenvalue weighted by molar-refractivity contribution is 7.15. The third-order valence-electron chi connectivity index (χ3n) is 5.19. The van der Waals surface area contributed by atoms with Crippen LogP contribution in [0.25, 0.3) is 10.4 Å². The fraction of sp³-hybridized carbons (Fsp3) is 0.444. The fourth-order valence-corrected chi connectivity index (χ4v) is 4.75. The number of carbonyl (C=O) groups is 1. The Morgan fingerprint density at radius 3 is 2.88 bits per heavy atom. The van der Waals surface area contributed by atoms with Gasteiger partial charge in [-0.1, -0.05) is 12.1 Å². The number of hydrogen-bond donors (Lipinski definition) is 1. The SMILES string of the molecule is Cc1nc(C(=O)N2C[C@@H]3C[C@@H]3[C@H]2CN)c(-c2cccc(C(F)(F)F)c2)s1. The Bertz CT molecular complexity index is 864. The van der Waals surface area contributed by atoms with Crippen LogP contribution in [0.4, 0.5) is 13.2 Å². The molecule has 4 nitrogen and oxygen atoms in total. The molecule has 1 saturated heterocycles. The van der Waals surface area contributed by atoms with Gasteiger partial charge in [0.2, 0.25) is 0 Å². The minimum absolute atomic E-state index is 0.00358. The topological polar surface area (TPSA) is 59.2 Å². The van der Waals surface area contributed by atoms with Gasteiger partial charge in [0, 0.05) is 19.1 Å². The van der Waals surface area contributed by atoms with E-state index in [1.807, 2.05) is 0 Å². The van der Waals surface area contributed by atoms with Crippen LogP contribution in [0.5, 0.6) is 0 Å². The van der Waals surface area contributed by atoms with Crippen molar-refractivity contribution in [1.82, 2.24) is 9.88 Å². The summed E-state index contributed by atoms with van der Waals surface area (Å²) in [5, 5.41) is 0.648. The number of likely N-dealkylation sites (tertiary alicyclic amines) is 1. The minimum atomic E-state index is -4.43. The van der Waals surface area contributed by atoms with Gasteiger partial charge in [0.1, 0.15) is 5.69 Å². The van der Waals surface area contributed by atoms with Crippen LogP contribution in [0.15, 0.2) is 24.3 Å². The number of hydrogen-bond acceptors (Lipinski definition) is 4. The molecule has 8 heteroatoms. The highest BCUT2D eigenvalue weighted by atomic mass is 32.1. The normalized spacial score (nSPS) is 24.7. The number of nitrogens with zero attached hydrogens (tertiary/aromatic N) is 2. The number of fused-ring (bicyclic) bond motifs is 1. The monoisotopic (exact) mass is 381 g/mol. The standard InChI is InChI=1S/C18H18F3N3OS/c1-9-23-15(17(25)24-8-11-6-13(11)14(24)7-22)16(26-9)10-3-2-4-12(5-10)18(19,20)21/h2-5,11,13-14H,6-8,22H2,1H3/t11-,13-,14+/m0/s1. The first-order valence-electron chi connectivity index (χ1n) is 8.45. The van der Waals surface area contributed by atoms with Crippen LogP contribution in [-0.4, -0.2) is 34.9 Å². The molecular weight excluding hydrogens is 363 g/mol. The summed E-state index contributed by atoms with van der Waals surface area (Å²) in [7, 11) is 0. The lowest BCUT2D eigenvalue weighted by Crippen LogP contribution is -2.43. The third kappa shape index (κ3) is 2.91. The Labute approximate surface area is 152 Å². The summed E-state index contributed by atoms with van der Waals surface area (Å²) in [6.45, 7) is 2.80. The zero-order chi connectivity index (χ0) is 18.6. The van der Waals surface area contributed by atoms with Crippen LogP contribution in [0.2, 0.25) is 0 Å². The van der Waals surface area contributed by atoms with Gasteiger partial charge in [-0.05, 0) is 42.9 Å². The van der Waals surface area contributed by atoms with Crippen LogP contribution in [0.3, 0.4) is 0 Å². The highest BCUT2D eigenvalue weighted by Crippen LogP contribution is 2.50. The second kappa shape index (κ2) is 6.06. The molecular formula is C18H18F3N3OS. The molecule has 2 aliphatic rings. The van der Waals surface area contributed by atoms with Gasteiger partial charge in [-0.15, -0.1) is 11.3 Å².